The molecule has 0 aromatic heterocycles. The average molecular weight is 302 g/mol. The first-order valence-corrected chi connectivity index (χ1v) is 8.20. The van der Waals surface area contributed by atoms with Crippen molar-refractivity contribution >= 4 is 17.5 Å². The zero-order valence-electron chi connectivity index (χ0n) is 13.6. The number of carbonyl (C=O) groups excluding carboxylic acids is 2. The summed E-state index contributed by atoms with van der Waals surface area (Å²) in [5.41, 5.74) is 2.01. The van der Waals surface area contributed by atoms with Crippen LogP contribution in [0.15, 0.2) is 24.3 Å². The molecule has 0 bridgehead atoms. The Bertz CT molecular complexity index is 504. The van der Waals surface area contributed by atoms with Crippen LogP contribution in [0.2, 0.25) is 0 Å². The van der Waals surface area contributed by atoms with Gasteiger partial charge >= 0.3 is 0 Å². The van der Waals surface area contributed by atoms with E-state index in [-0.39, 0.29) is 11.8 Å². The minimum atomic E-state index is -0.0330. The predicted molar refractivity (Wildman–Crippen MR) is 88.8 cm³/mol. The predicted octanol–water partition coefficient (Wildman–Crippen LogP) is 3.19. The second kappa shape index (κ2) is 7.97. The van der Waals surface area contributed by atoms with Crippen LogP contribution in [0.4, 0.5) is 5.69 Å². The lowest BCUT2D eigenvalue weighted by atomic mass is 9.95. The van der Waals surface area contributed by atoms with Crippen LogP contribution in [0.5, 0.6) is 0 Å². The number of hydrogen-bond donors (Lipinski definition) is 1. The van der Waals surface area contributed by atoms with Crippen molar-refractivity contribution in [3.8, 4) is 0 Å². The van der Waals surface area contributed by atoms with Crippen molar-refractivity contribution in [3.63, 3.8) is 0 Å². The van der Waals surface area contributed by atoms with E-state index in [0.29, 0.717) is 19.0 Å². The molecule has 0 radical (unpaired) electrons. The number of benzene rings is 1. The van der Waals surface area contributed by atoms with E-state index in [9.17, 15) is 9.59 Å². The quantitative estimate of drug-likeness (QED) is 0.908. The molecule has 0 atom stereocenters. The molecule has 0 heterocycles. The summed E-state index contributed by atoms with van der Waals surface area (Å²) < 4.78 is 0. The summed E-state index contributed by atoms with van der Waals surface area (Å²) in [4.78, 5) is 25.6. The highest BCUT2D eigenvalue weighted by molar-refractivity contribution is 5.92. The zero-order chi connectivity index (χ0) is 15.9. The molecular weight excluding hydrogens is 276 g/mol. The SMILES string of the molecule is CC(=O)N(CCC(=O)NC1CCCCC1)c1ccc(C)cc1. The smallest absolute Gasteiger partial charge is 0.223 e. The van der Waals surface area contributed by atoms with Crippen LogP contribution in [-0.2, 0) is 9.59 Å². The third-order valence-electron chi connectivity index (χ3n) is 4.26. The molecule has 4 nitrogen and oxygen atoms in total. The Labute approximate surface area is 132 Å². The van der Waals surface area contributed by atoms with E-state index >= 15 is 0 Å². The van der Waals surface area contributed by atoms with Gasteiger partial charge in [0.15, 0.2) is 0 Å². The number of carbonyl (C=O) groups is 2. The summed E-state index contributed by atoms with van der Waals surface area (Å²) >= 11 is 0. The molecule has 1 aromatic carbocycles. The van der Waals surface area contributed by atoms with Crippen molar-refractivity contribution in [1.82, 2.24) is 5.32 Å². The van der Waals surface area contributed by atoms with Gasteiger partial charge in [0.05, 0.1) is 0 Å². The van der Waals surface area contributed by atoms with Gasteiger partial charge in [0.1, 0.15) is 0 Å². The number of nitrogens with one attached hydrogen (secondary N) is 1. The average Bonchev–Trinajstić information content (AvgIpc) is 2.50. The van der Waals surface area contributed by atoms with Gasteiger partial charge in [-0.2, -0.15) is 0 Å². The molecule has 0 saturated heterocycles. The van der Waals surface area contributed by atoms with Crippen LogP contribution < -0.4 is 10.2 Å². The maximum absolute atomic E-state index is 12.1. The van der Waals surface area contributed by atoms with Crippen LogP contribution in [-0.4, -0.2) is 24.4 Å². The first-order valence-electron chi connectivity index (χ1n) is 8.20. The summed E-state index contributed by atoms with van der Waals surface area (Å²) in [7, 11) is 0. The van der Waals surface area contributed by atoms with Crippen molar-refractivity contribution in [2.75, 3.05) is 11.4 Å². The summed E-state index contributed by atoms with van der Waals surface area (Å²) in [6.07, 6.45) is 6.20. The Kier molecular flexibility index (Phi) is 5.99. The molecule has 1 aliphatic carbocycles. The van der Waals surface area contributed by atoms with Gasteiger partial charge in [0.25, 0.3) is 0 Å². The lowest BCUT2D eigenvalue weighted by molar-refractivity contribution is -0.121. The molecule has 0 spiro atoms. The van der Waals surface area contributed by atoms with E-state index in [0.717, 1.165) is 24.1 Å². The van der Waals surface area contributed by atoms with Gasteiger partial charge in [-0.25, -0.2) is 0 Å². The van der Waals surface area contributed by atoms with E-state index in [1.54, 1.807) is 11.8 Å². The van der Waals surface area contributed by atoms with Crippen LogP contribution >= 0.6 is 0 Å². The second-order valence-electron chi connectivity index (χ2n) is 6.16. The Hall–Kier alpha value is -1.84. The maximum Gasteiger partial charge on any atom is 0.223 e. The second-order valence-corrected chi connectivity index (χ2v) is 6.16. The minimum absolute atomic E-state index is 0.0330. The summed E-state index contributed by atoms with van der Waals surface area (Å²) in [6.45, 7) is 3.98. The zero-order valence-corrected chi connectivity index (χ0v) is 13.6. The van der Waals surface area contributed by atoms with E-state index in [4.69, 9.17) is 0 Å². The number of aryl methyl sites for hydroxylation is 1. The fourth-order valence-corrected chi connectivity index (χ4v) is 2.95. The third-order valence-corrected chi connectivity index (χ3v) is 4.26. The van der Waals surface area contributed by atoms with Crippen molar-refractivity contribution < 1.29 is 9.59 Å². The van der Waals surface area contributed by atoms with Crippen molar-refractivity contribution in [1.29, 1.82) is 0 Å². The summed E-state index contributed by atoms with van der Waals surface area (Å²) in [5, 5.41) is 3.10. The molecule has 2 amide bonds. The van der Waals surface area contributed by atoms with Crippen LogP contribution in [0, 0.1) is 6.92 Å². The number of hydrogen-bond acceptors (Lipinski definition) is 2. The molecule has 0 aliphatic heterocycles. The third kappa shape index (κ3) is 4.86. The molecule has 1 N–H and O–H groups in total. The van der Waals surface area contributed by atoms with Gasteiger partial charge < -0.3 is 10.2 Å². The number of rotatable bonds is 5. The number of amides is 2. The van der Waals surface area contributed by atoms with E-state index in [1.165, 1.54) is 19.3 Å². The molecule has 1 fully saturated rings. The molecule has 4 heteroatoms. The topological polar surface area (TPSA) is 49.4 Å². The standard InChI is InChI=1S/C18H26N2O2/c1-14-8-10-17(11-9-14)20(15(2)21)13-12-18(22)19-16-6-4-3-5-7-16/h8-11,16H,3-7,12-13H2,1-2H3,(H,19,22). The van der Waals surface area contributed by atoms with E-state index < -0.39 is 0 Å². The van der Waals surface area contributed by atoms with Gasteiger partial charge in [0.2, 0.25) is 11.8 Å². The molecule has 22 heavy (non-hydrogen) atoms. The summed E-state index contributed by atoms with van der Waals surface area (Å²) in [5.74, 6) is 0.0135. The maximum atomic E-state index is 12.1. The Morgan fingerprint density at radius 1 is 1.14 bits per heavy atom. The Morgan fingerprint density at radius 2 is 1.77 bits per heavy atom. The molecule has 2 rings (SSSR count). The van der Waals surface area contributed by atoms with E-state index in [2.05, 4.69) is 5.32 Å². The minimum Gasteiger partial charge on any atom is -0.353 e. The monoisotopic (exact) mass is 302 g/mol. The van der Waals surface area contributed by atoms with Crippen LogP contribution in [0.25, 0.3) is 0 Å². The Balaban J connectivity index is 1.87. The molecule has 1 saturated carbocycles. The van der Waals surface area contributed by atoms with Crippen molar-refractivity contribution in [2.24, 2.45) is 0 Å². The fourth-order valence-electron chi connectivity index (χ4n) is 2.95. The van der Waals surface area contributed by atoms with E-state index in [1.807, 2.05) is 31.2 Å². The van der Waals surface area contributed by atoms with Gasteiger partial charge in [-0.3, -0.25) is 9.59 Å². The van der Waals surface area contributed by atoms with Gasteiger partial charge in [-0.15, -0.1) is 0 Å². The number of nitrogens with zero attached hydrogens (tertiary/aromatic N) is 1. The van der Waals surface area contributed by atoms with Gasteiger partial charge in [-0.05, 0) is 31.9 Å². The van der Waals surface area contributed by atoms with Crippen LogP contribution in [0.3, 0.4) is 0 Å². The molecule has 1 aliphatic rings. The summed E-state index contributed by atoms with van der Waals surface area (Å²) in [6, 6.07) is 8.14. The number of anilines is 1. The normalized spacial score (nSPS) is 15.4. The van der Waals surface area contributed by atoms with Crippen LogP contribution in [0.1, 0.15) is 51.0 Å². The highest BCUT2D eigenvalue weighted by Gasteiger charge is 2.17. The van der Waals surface area contributed by atoms with Crippen molar-refractivity contribution in [2.45, 2.75) is 58.4 Å². The molecule has 0 unspecified atom stereocenters. The lowest BCUT2D eigenvalue weighted by Gasteiger charge is -2.24. The molecular formula is C18H26N2O2. The fraction of sp³-hybridized carbons (Fsp3) is 0.556. The highest BCUT2D eigenvalue weighted by Crippen LogP contribution is 2.18. The highest BCUT2D eigenvalue weighted by atomic mass is 16.2. The van der Waals surface area contributed by atoms with Crippen molar-refractivity contribution in [3.05, 3.63) is 29.8 Å². The molecule has 120 valence electrons. The lowest BCUT2D eigenvalue weighted by Crippen LogP contribution is -2.39. The molecule has 1 aromatic rings. The first kappa shape index (κ1) is 16.5. The Morgan fingerprint density at radius 3 is 2.36 bits per heavy atom. The van der Waals surface area contributed by atoms with Gasteiger partial charge in [-0.1, -0.05) is 37.0 Å². The largest absolute Gasteiger partial charge is 0.353 e. The first-order chi connectivity index (χ1) is 10.6. The van der Waals surface area contributed by atoms with Gasteiger partial charge in [0, 0.05) is 31.6 Å².